The van der Waals surface area contributed by atoms with Gasteiger partial charge in [-0.25, -0.2) is 4.79 Å². The highest BCUT2D eigenvalue weighted by molar-refractivity contribution is 5.89. The molecular weight excluding hydrogens is 283 g/mol. The lowest BCUT2D eigenvalue weighted by molar-refractivity contribution is -0.137. The van der Waals surface area contributed by atoms with Gasteiger partial charge in [-0.15, -0.1) is 0 Å². The number of carbonyl (C=O) groups is 1. The van der Waals surface area contributed by atoms with E-state index in [9.17, 15) is 18.0 Å². The van der Waals surface area contributed by atoms with Gasteiger partial charge in [0.05, 0.1) is 5.56 Å². The zero-order valence-corrected chi connectivity index (χ0v) is 12.1. The SMILES string of the molecule is CC[C@H](CCNC)NC(=O)Nc1ccc(C(F)(F)F)cc1. The van der Waals surface area contributed by atoms with Crippen LogP contribution in [0.25, 0.3) is 0 Å². The first-order valence-corrected chi connectivity index (χ1v) is 6.76. The molecule has 0 unspecified atom stereocenters. The van der Waals surface area contributed by atoms with Crippen LogP contribution in [0.5, 0.6) is 0 Å². The van der Waals surface area contributed by atoms with Crippen LogP contribution in [0.4, 0.5) is 23.7 Å². The topological polar surface area (TPSA) is 53.2 Å². The molecule has 0 aliphatic heterocycles. The van der Waals surface area contributed by atoms with Crippen LogP contribution in [0.2, 0.25) is 0 Å². The second-order valence-corrected chi connectivity index (χ2v) is 4.67. The molecule has 0 bridgehead atoms. The second kappa shape index (κ2) is 7.87. The summed E-state index contributed by atoms with van der Waals surface area (Å²) in [5.41, 5.74) is -0.419. The van der Waals surface area contributed by atoms with E-state index in [0.717, 1.165) is 31.5 Å². The molecule has 0 saturated heterocycles. The van der Waals surface area contributed by atoms with E-state index >= 15 is 0 Å². The number of urea groups is 1. The standard InChI is InChI=1S/C14H20F3N3O/c1-3-11(8-9-18-2)19-13(21)20-12-6-4-10(5-7-12)14(15,16)17/h4-7,11,18H,3,8-9H2,1-2H3,(H2,19,20,21)/t11-/m1/s1. The average Bonchev–Trinajstić information content (AvgIpc) is 2.43. The first-order chi connectivity index (χ1) is 9.86. The molecule has 0 radical (unpaired) electrons. The van der Waals surface area contributed by atoms with Gasteiger partial charge < -0.3 is 16.0 Å². The minimum Gasteiger partial charge on any atom is -0.335 e. The Morgan fingerprint density at radius 2 is 1.86 bits per heavy atom. The Morgan fingerprint density at radius 3 is 2.33 bits per heavy atom. The molecule has 21 heavy (non-hydrogen) atoms. The van der Waals surface area contributed by atoms with E-state index in [-0.39, 0.29) is 6.04 Å². The molecule has 7 heteroatoms. The molecule has 118 valence electrons. The molecule has 1 rings (SSSR count). The molecule has 0 saturated carbocycles. The van der Waals surface area contributed by atoms with Gasteiger partial charge in [-0.1, -0.05) is 6.92 Å². The Bertz CT molecular complexity index is 446. The van der Waals surface area contributed by atoms with Crippen molar-refractivity contribution in [2.75, 3.05) is 18.9 Å². The minimum absolute atomic E-state index is 0.0203. The maximum atomic E-state index is 12.4. The van der Waals surface area contributed by atoms with Gasteiger partial charge in [0.2, 0.25) is 0 Å². The lowest BCUT2D eigenvalue weighted by Crippen LogP contribution is -2.39. The summed E-state index contributed by atoms with van der Waals surface area (Å²) >= 11 is 0. The zero-order chi connectivity index (χ0) is 15.9. The molecule has 0 aliphatic carbocycles. The summed E-state index contributed by atoms with van der Waals surface area (Å²) in [6.45, 7) is 2.73. The number of benzene rings is 1. The van der Waals surface area contributed by atoms with Crippen molar-refractivity contribution in [2.45, 2.75) is 32.0 Å². The molecule has 1 aromatic carbocycles. The summed E-state index contributed by atoms with van der Waals surface area (Å²) < 4.78 is 37.2. The molecule has 0 aliphatic rings. The zero-order valence-electron chi connectivity index (χ0n) is 12.1. The lowest BCUT2D eigenvalue weighted by Gasteiger charge is -2.17. The molecule has 0 aromatic heterocycles. The predicted molar refractivity (Wildman–Crippen MR) is 76.2 cm³/mol. The first-order valence-electron chi connectivity index (χ1n) is 6.76. The van der Waals surface area contributed by atoms with Crippen LogP contribution < -0.4 is 16.0 Å². The Kier molecular flexibility index (Phi) is 6.48. The Balaban J connectivity index is 2.54. The molecule has 1 atom stereocenters. The molecule has 0 fully saturated rings. The molecule has 4 nitrogen and oxygen atoms in total. The van der Waals surface area contributed by atoms with Crippen LogP contribution in [0.15, 0.2) is 24.3 Å². The second-order valence-electron chi connectivity index (χ2n) is 4.67. The summed E-state index contributed by atoms with van der Waals surface area (Å²) in [6, 6.07) is 3.94. The highest BCUT2D eigenvalue weighted by Gasteiger charge is 2.29. The van der Waals surface area contributed by atoms with Crippen LogP contribution in [0.3, 0.4) is 0 Å². The highest BCUT2D eigenvalue weighted by atomic mass is 19.4. The Hall–Kier alpha value is -1.76. The number of hydrogen-bond acceptors (Lipinski definition) is 2. The number of rotatable bonds is 6. The quantitative estimate of drug-likeness (QED) is 0.756. The Morgan fingerprint density at radius 1 is 1.24 bits per heavy atom. The van der Waals surface area contributed by atoms with Crippen molar-refractivity contribution in [1.29, 1.82) is 0 Å². The first kappa shape index (κ1) is 17.3. The third-order valence-electron chi connectivity index (χ3n) is 3.04. The van der Waals surface area contributed by atoms with Crippen LogP contribution >= 0.6 is 0 Å². The molecule has 3 N–H and O–H groups in total. The molecule has 0 heterocycles. The van der Waals surface area contributed by atoms with Gasteiger partial charge in [0.15, 0.2) is 0 Å². The van der Waals surface area contributed by atoms with Gasteiger partial charge in [-0.2, -0.15) is 13.2 Å². The summed E-state index contributed by atoms with van der Waals surface area (Å²) in [6.07, 6.45) is -2.81. The Labute approximate surface area is 122 Å². The van der Waals surface area contributed by atoms with Crippen molar-refractivity contribution in [3.8, 4) is 0 Å². The summed E-state index contributed by atoms with van der Waals surface area (Å²) in [5.74, 6) is 0. The van der Waals surface area contributed by atoms with Crippen molar-refractivity contribution in [3.05, 3.63) is 29.8 Å². The fourth-order valence-corrected chi connectivity index (χ4v) is 1.79. The normalized spacial score (nSPS) is 12.8. The van der Waals surface area contributed by atoms with Crippen molar-refractivity contribution in [2.24, 2.45) is 0 Å². The van der Waals surface area contributed by atoms with Gasteiger partial charge in [0.1, 0.15) is 0 Å². The molecule has 1 aromatic rings. The summed E-state index contributed by atoms with van der Waals surface area (Å²) in [4.78, 5) is 11.8. The number of alkyl halides is 3. The maximum absolute atomic E-state index is 12.4. The van der Waals surface area contributed by atoms with Crippen LogP contribution in [-0.4, -0.2) is 25.7 Å². The number of hydrogen-bond donors (Lipinski definition) is 3. The number of anilines is 1. The van der Waals surface area contributed by atoms with Crippen molar-refractivity contribution in [3.63, 3.8) is 0 Å². The monoisotopic (exact) mass is 303 g/mol. The van der Waals surface area contributed by atoms with Gasteiger partial charge >= 0.3 is 12.2 Å². The molecule has 2 amide bonds. The van der Waals surface area contributed by atoms with Crippen LogP contribution in [-0.2, 0) is 6.18 Å². The molecular formula is C14H20F3N3O. The van der Waals surface area contributed by atoms with E-state index in [1.165, 1.54) is 12.1 Å². The third-order valence-corrected chi connectivity index (χ3v) is 3.04. The smallest absolute Gasteiger partial charge is 0.335 e. The predicted octanol–water partition coefficient (Wildman–Crippen LogP) is 3.22. The van der Waals surface area contributed by atoms with Crippen molar-refractivity contribution < 1.29 is 18.0 Å². The third kappa shape index (κ3) is 6.03. The maximum Gasteiger partial charge on any atom is 0.416 e. The number of nitrogens with one attached hydrogen (secondary N) is 3. The highest BCUT2D eigenvalue weighted by Crippen LogP contribution is 2.29. The average molecular weight is 303 g/mol. The van der Waals surface area contributed by atoms with Crippen LogP contribution in [0.1, 0.15) is 25.3 Å². The number of carbonyl (C=O) groups excluding carboxylic acids is 1. The van der Waals surface area contributed by atoms with Crippen molar-refractivity contribution >= 4 is 11.7 Å². The van der Waals surface area contributed by atoms with E-state index in [1.807, 2.05) is 14.0 Å². The van der Waals surface area contributed by atoms with Gasteiger partial charge in [-0.05, 0) is 50.7 Å². The van der Waals surface area contributed by atoms with Gasteiger partial charge in [0, 0.05) is 11.7 Å². The van der Waals surface area contributed by atoms with E-state index in [4.69, 9.17) is 0 Å². The van der Waals surface area contributed by atoms with E-state index in [2.05, 4.69) is 16.0 Å². The lowest BCUT2D eigenvalue weighted by atomic mass is 10.1. The van der Waals surface area contributed by atoms with E-state index in [0.29, 0.717) is 5.69 Å². The minimum atomic E-state index is -4.37. The fourth-order valence-electron chi connectivity index (χ4n) is 1.79. The fraction of sp³-hybridized carbons (Fsp3) is 0.500. The van der Waals surface area contributed by atoms with Crippen LogP contribution in [0, 0.1) is 0 Å². The van der Waals surface area contributed by atoms with E-state index < -0.39 is 17.8 Å². The molecule has 0 spiro atoms. The van der Waals surface area contributed by atoms with Gasteiger partial charge in [0.25, 0.3) is 0 Å². The summed E-state index contributed by atoms with van der Waals surface area (Å²) in [5, 5.41) is 8.30. The van der Waals surface area contributed by atoms with Crippen molar-refractivity contribution in [1.82, 2.24) is 10.6 Å². The number of halogens is 3. The summed E-state index contributed by atoms with van der Waals surface area (Å²) in [7, 11) is 1.83. The largest absolute Gasteiger partial charge is 0.416 e. The number of amides is 2. The van der Waals surface area contributed by atoms with Gasteiger partial charge in [-0.3, -0.25) is 0 Å². The van der Waals surface area contributed by atoms with E-state index in [1.54, 1.807) is 0 Å².